The van der Waals surface area contributed by atoms with E-state index in [1.165, 1.54) is 18.2 Å². The van der Waals surface area contributed by atoms with Gasteiger partial charge in [0.25, 0.3) is 0 Å². The molecular formula is C34H41ClN2O8. The number of epoxide rings is 1. The molecule has 11 heteroatoms. The molecule has 2 aromatic carbocycles. The van der Waals surface area contributed by atoms with Crippen molar-refractivity contribution in [2.45, 2.75) is 77.4 Å². The third kappa shape index (κ3) is 9.55. The van der Waals surface area contributed by atoms with E-state index in [4.69, 9.17) is 25.8 Å². The molecule has 0 saturated carbocycles. The van der Waals surface area contributed by atoms with Gasteiger partial charge in [0, 0.05) is 25.3 Å². The number of hydrogen-bond donors (Lipinski definition) is 3. The second kappa shape index (κ2) is 15.4. The number of hydrogen-bond acceptors (Lipinski definition) is 8. The van der Waals surface area contributed by atoms with Crippen LogP contribution in [0, 0.1) is 17.8 Å². The lowest BCUT2D eigenvalue weighted by Gasteiger charge is -2.27. The summed E-state index contributed by atoms with van der Waals surface area (Å²) < 4.78 is 17.6. The first-order valence-corrected chi connectivity index (χ1v) is 15.6. The van der Waals surface area contributed by atoms with Gasteiger partial charge in [-0.15, -0.1) is 0 Å². The summed E-state index contributed by atoms with van der Waals surface area (Å²) in [6.45, 7) is 7.24. The highest BCUT2D eigenvalue weighted by Gasteiger charge is 2.47. The van der Waals surface area contributed by atoms with Gasteiger partial charge in [-0.25, -0.2) is 4.79 Å². The number of aromatic hydroxyl groups is 1. The van der Waals surface area contributed by atoms with E-state index in [2.05, 4.69) is 10.6 Å². The number of esters is 2. The van der Waals surface area contributed by atoms with Crippen molar-refractivity contribution in [3.63, 3.8) is 0 Å². The average molecular weight is 641 g/mol. The number of nitrogens with one attached hydrogen (secondary N) is 2. The van der Waals surface area contributed by atoms with Crippen molar-refractivity contribution in [2.75, 3.05) is 6.54 Å². The Bertz CT molecular complexity index is 1400. The SMILES string of the molecule is CC(C)CC1OC(=O)C(C)CNC(=O)C(Cc2ccc(O)c(Cl)c2)NC(=O)C=CCC(C(C)C2OC2c2ccccc2)OC1=O. The largest absolute Gasteiger partial charge is 0.506 e. The number of cyclic esters (lactones) is 2. The third-order valence-electron chi connectivity index (χ3n) is 7.94. The van der Waals surface area contributed by atoms with E-state index in [1.54, 1.807) is 19.1 Å². The first-order valence-electron chi connectivity index (χ1n) is 15.3. The second-order valence-electron chi connectivity index (χ2n) is 12.2. The van der Waals surface area contributed by atoms with Crippen LogP contribution in [0.15, 0.2) is 60.7 Å². The fraction of sp³-hybridized carbons (Fsp3) is 0.471. The molecule has 2 heterocycles. The van der Waals surface area contributed by atoms with Crippen LogP contribution in [0.25, 0.3) is 0 Å². The summed E-state index contributed by atoms with van der Waals surface area (Å²) >= 11 is 6.06. The maximum absolute atomic E-state index is 13.4. The van der Waals surface area contributed by atoms with Crippen LogP contribution >= 0.6 is 11.6 Å². The van der Waals surface area contributed by atoms with Crippen molar-refractivity contribution >= 4 is 35.4 Å². The van der Waals surface area contributed by atoms with Crippen LogP contribution in [-0.2, 0) is 39.8 Å². The van der Waals surface area contributed by atoms with Gasteiger partial charge in [-0.05, 0) is 41.7 Å². The number of amides is 2. The van der Waals surface area contributed by atoms with Gasteiger partial charge >= 0.3 is 11.9 Å². The molecule has 3 N–H and O–H groups in total. The molecule has 0 aromatic heterocycles. The number of halogens is 1. The van der Waals surface area contributed by atoms with E-state index in [9.17, 15) is 24.3 Å². The summed E-state index contributed by atoms with van der Waals surface area (Å²) in [6, 6.07) is 13.3. The molecular weight excluding hydrogens is 600 g/mol. The van der Waals surface area contributed by atoms with Gasteiger partial charge in [0.2, 0.25) is 11.8 Å². The fourth-order valence-electron chi connectivity index (χ4n) is 5.23. The van der Waals surface area contributed by atoms with Gasteiger partial charge in [0.1, 0.15) is 24.0 Å². The van der Waals surface area contributed by atoms with E-state index in [1.807, 2.05) is 51.1 Å². The van der Waals surface area contributed by atoms with Gasteiger partial charge in [0.15, 0.2) is 6.10 Å². The molecule has 1 fully saturated rings. The lowest BCUT2D eigenvalue weighted by Crippen LogP contribution is -2.49. The highest BCUT2D eigenvalue weighted by Crippen LogP contribution is 2.45. The lowest BCUT2D eigenvalue weighted by molar-refractivity contribution is -0.176. The van der Waals surface area contributed by atoms with Crippen molar-refractivity contribution in [3.05, 3.63) is 76.8 Å². The zero-order valence-electron chi connectivity index (χ0n) is 25.9. The molecule has 2 aliphatic heterocycles. The van der Waals surface area contributed by atoms with E-state index < -0.39 is 47.9 Å². The number of phenols is 1. The van der Waals surface area contributed by atoms with Crippen molar-refractivity contribution < 1.29 is 38.5 Å². The van der Waals surface area contributed by atoms with E-state index in [0.717, 1.165) is 5.56 Å². The second-order valence-corrected chi connectivity index (χ2v) is 12.6. The van der Waals surface area contributed by atoms with Crippen molar-refractivity contribution in [1.82, 2.24) is 10.6 Å². The normalized spacial score (nSPS) is 27.2. The van der Waals surface area contributed by atoms with Crippen LogP contribution in [0.3, 0.4) is 0 Å². The van der Waals surface area contributed by atoms with Crippen LogP contribution in [0.4, 0.5) is 0 Å². The minimum atomic E-state index is -1.14. The number of carbonyl (C=O) groups is 4. The Hall–Kier alpha value is -3.89. The van der Waals surface area contributed by atoms with Crippen molar-refractivity contribution in [2.24, 2.45) is 17.8 Å². The lowest BCUT2D eigenvalue weighted by atomic mass is 9.93. The molecule has 7 atom stereocenters. The van der Waals surface area contributed by atoms with Gasteiger partial charge in [0.05, 0.1) is 17.0 Å². The molecule has 0 bridgehead atoms. The quantitative estimate of drug-likeness (QED) is 0.298. The Morgan fingerprint density at radius 2 is 1.73 bits per heavy atom. The van der Waals surface area contributed by atoms with Crippen LogP contribution in [0.5, 0.6) is 5.75 Å². The zero-order valence-corrected chi connectivity index (χ0v) is 26.7. The Kier molecular flexibility index (Phi) is 11.6. The highest BCUT2D eigenvalue weighted by atomic mass is 35.5. The zero-order chi connectivity index (χ0) is 32.7. The molecule has 2 aromatic rings. The average Bonchev–Trinajstić information content (AvgIpc) is 3.81. The summed E-state index contributed by atoms with van der Waals surface area (Å²) in [6.07, 6.45) is 1.24. The van der Waals surface area contributed by atoms with Crippen molar-refractivity contribution in [1.29, 1.82) is 0 Å². The minimum Gasteiger partial charge on any atom is -0.506 e. The molecule has 0 aliphatic carbocycles. The van der Waals surface area contributed by atoms with Crippen molar-refractivity contribution in [3.8, 4) is 5.75 Å². The predicted octanol–water partition coefficient (Wildman–Crippen LogP) is 4.43. The standard InChI is InChI=1S/C34H41ClN2O8/c1-19(2)15-28-34(42)43-27(21(4)30-31(45-30)23-9-6-5-7-10-23)11-8-12-29(39)37-25(17-22-13-14-26(38)24(35)16-22)32(40)36-18-20(3)33(41)44-28/h5-10,12-14,16,19-21,25,27-28,30-31,38H,11,15,17-18H2,1-4H3,(H,36,40)(H,37,39). The number of phenolic OH excluding ortho intramolecular Hbond substituents is 1. The van der Waals surface area contributed by atoms with Crippen LogP contribution in [0.1, 0.15) is 57.8 Å². The number of ether oxygens (including phenoxy) is 3. The maximum atomic E-state index is 13.4. The topological polar surface area (TPSA) is 144 Å². The maximum Gasteiger partial charge on any atom is 0.347 e. The highest BCUT2D eigenvalue weighted by molar-refractivity contribution is 6.32. The molecule has 242 valence electrons. The predicted molar refractivity (Wildman–Crippen MR) is 167 cm³/mol. The molecule has 2 aliphatic rings. The molecule has 4 rings (SSSR count). The van der Waals surface area contributed by atoms with Crippen LogP contribution in [0.2, 0.25) is 5.02 Å². The van der Waals surface area contributed by atoms with E-state index >= 15 is 0 Å². The number of carbonyl (C=O) groups excluding carboxylic acids is 4. The van der Waals surface area contributed by atoms with Gasteiger partial charge in [-0.1, -0.05) is 81.8 Å². The molecule has 1 saturated heterocycles. The number of rotatable bonds is 7. The summed E-state index contributed by atoms with van der Waals surface area (Å²) in [5, 5.41) is 15.3. The Balaban J connectivity index is 1.58. The molecule has 10 nitrogen and oxygen atoms in total. The minimum absolute atomic E-state index is 0.0267. The van der Waals surface area contributed by atoms with Gasteiger partial charge in [-0.2, -0.15) is 0 Å². The third-order valence-corrected chi connectivity index (χ3v) is 8.24. The first kappa shape index (κ1) is 34.0. The molecule has 0 radical (unpaired) electrons. The molecule has 45 heavy (non-hydrogen) atoms. The van der Waals surface area contributed by atoms with E-state index in [0.29, 0.717) is 5.56 Å². The monoisotopic (exact) mass is 640 g/mol. The smallest absolute Gasteiger partial charge is 0.347 e. The summed E-state index contributed by atoms with van der Waals surface area (Å²) in [7, 11) is 0. The Labute approximate surface area is 268 Å². The fourth-order valence-corrected chi connectivity index (χ4v) is 5.43. The van der Waals surface area contributed by atoms with E-state index in [-0.39, 0.29) is 60.6 Å². The van der Waals surface area contributed by atoms with Crippen LogP contribution in [-0.4, -0.2) is 59.8 Å². The molecule has 2 amide bonds. The molecule has 7 unspecified atom stereocenters. The van der Waals surface area contributed by atoms with Crippen LogP contribution < -0.4 is 10.6 Å². The summed E-state index contributed by atoms with van der Waals surface area (Å²) in [5.74, 6) is -3.49. The molecule has 0 spiro atoms. The summed E-state index contributed by atoms with van der Waals surface area (Å²) in [5.41, 5.74) is 1.63. The van der Waals surface area contributed by atoms with Gasteiger partial charge in [-0.3, -0.25) is 14.4 Å². The Morgan fingerprint density at radius 3 is 2.42 bits per heavy atom. The first-order chi connectivity index (χ1) is 21.4. The summed E-state index contributed by atoms with van der Waals surface area (Å²) in [4.78, 5) is 52.7. The number of benzene rings is 2. The Morgan fingerprint density at radius 1 is 1.00 bits per heavy atom. The van der Waals surface area contributed by atoms with Gasteiger partial charge < -0.3 is 30.0 Å².